The zero-order chi connectivity index (χ0) is 31.1. The number of hydrogen-bond acceptors (Lipinski definition) is 5. The van der Waals surface area contributed by atoms with Crippen LogP contribution in [0.3, 0.4) is 0 Å². The van der Waals surface area contributed by atoms with E-state index in [2.05, 4.69) is 5.32 Å². The summed E-state index contributed by atoms with van der Waals surface area (Å²) in [6.07, 6.45) is 0.304. The van der Waals surface area contributed by atoms with Crippen LogP contribution in [0.25, 0.3) is 0 Å². The normalized spacial score (nSPS) is 12.4. The molecule has 0 aromatic heterocycles. The Kier molecular flexibility index (Phi) is 11.0. The maximum absolute atomic E-state index is 14.3. The summed E-state index contributed by atoms with van der Waals surface area (Å²) in [5.74, 6) is -0.584. The van der Waals surface area contributed by atoms with Gasteiger partial charge in [-0.1, -0.05) is 66.6 Å². The van der Waals surface area contributed by atoms with Crippen molar-refractivity contribution in [2.75, 3.05) is 17.5 Å². The predicted molar refractivity (Wildman–Crippen MR) is 167 cm³/mol. The summed E-state index contributed by atoms with van der Waals surface area (Å²) in [5, 5.41) is 3.40. The van der Waals surface area contributed by atoms with Crippen LogP contribution in [0.4, 0.5) is 5.69 Å². The summed E-state index contributed by atoms with van der Waals surface area (Å²) in [4.78, 5) is 29.2. The van der Waals surface area contributed by atoms with E-state index in [9.17, 15) is 18.0 Å². The van der Waals surface area contributed by atoms with Crippen LogP contribution in [0.2, 0.25) is 5.02 Å². The fraction of sp³-hybridized carbons (Fsp3) is 0.375. The molecular formula is C32H40ClN3O5S. The van der Waals surface area contributed by atoms with Crippen LogP contribution in [-0.4, -0.2) is 49.9 Å². The number of para-hydroxylation sites is 2. The SMILES string of the molecule is CCOc1ccccc1N(CC(=O)N(Cc1ccccc1Cl)[C@@H](CC)C(=O)NC(C)(C)C)S(=O)(=O)c1ccc(C)cc1. The topological polar surface area (TPSA) is 96.0 Å². The van der Waals surface area contributed by atoms with Crippen molar-refractivity contribution in [2.24, 2.45) is 0 Å². The predicted octanol–water partition coefficient (Wildman–Crippen LogP) is 5.96. The van der Waals surface area contributed by atoms with Gasteiger partial charge in [-0.05, 0) is 76.9 Å². The number of sulfonamides is 1. The molecule has 42 heavy (non-hydrogen) atoms. The Morgan fingerprint density at radius 3 is 2.17 bits per heavy atom. The molecule has 3 rings (SSSR count). The lowest BCUT2D eigenvalue weighted by molar-refractivity contribution is -0.141. The van der Waals surface area contributed by atoms with Crippen molar-refractivity contribution in [3.05, 3.63) is 88.9 Å². The van der Waals surface area contributed by atoms with Gasteiger partial charge >= 0.3 is 0 Å². The molecule has 8 nitrogen and oxygen atoms in total. The number of ether oxygens (including phenoxy) is 1. The Bertz CT molecular complexity index is 1490. The lowest BCUT2D eigenvalue weighted by Crippen LogP contribution is -2.55. The molecule has 1 atom stereocenters. The number of nitrogens with one attached hydrogen (secondary N) is 1. The van der Waals surface area contributed by atoms with Crippen molar-refractivity contribution in [1.82, 2.24) is 10.2 Å². The average Bonchev–Trinajstić information content (AvgIpc) is 2.92. The van der Waals surface area contributed by atoms with E-state index in [0.29, 0.717) is 29.4 Å². The summed E-state index contributed by atoms with van der Waals surface area (Å²) in [5.41, 5.74) is 1.21. The molecule has 226 valence electrons. The van der Waals surface area contributed by atoms with Gasteiger partial charge in [0, 0.05) is 17.1 Å². The number of carbonyl (C=O) groups is 2. The number of halogens is 1. The van der Waals surface area contributed by atoms with Crippen molar-refractivity contribution in [1.29, 1.82) is 0 Å². The van der Waals surface area contributed by atoms with Crippen LogP contribution < -0.4 is 14.4 Å². The minimum atomic E-state index is -4.22. The van der Waals surface area contributed by atoms with E-state index in [1.54, 1.807) is 67.6 Å². The van der Waals surface area contributed by atoms with E-state index < -0.39 is 34.1 Å². The number of rotatable bonds is 12. The van der Waals surface area contributed by atoms with Crippen molar-refractivity contribution in [3.63, 3.8) is 0 Å². The molecule has 0 unspecified atom stereocenters. The van der Waals surface area contributed by atoms with Crippen LogP contribution in [0.1, 0.15) is 52.2 Å². The molecule has 0 fully saturated rings. The highest BCUT2D eigenvalue weighted by Gasteiger charge is 2.35. The van der Waals surface area contributed by atoms with Crippen LogP contribution in [-0.2, 0) is 26.2 Å². The number of aryl methyl sites for hydroxylation is 1. The number of benzene rings is 3. The van der Waals surface area contributed by atoms with Gasteiger partial charge in [-0.3, -0.25) is 13.9 Å². The van der Waals surface area contributed by atoms with E-state index in [-0.39, 0.29) is 23.0 Å². The quantitative estimate of drug-likeness (QED) is 0.272. The first kappa shape index (κ1) is 32.9. The number of carbonyl (C=O) groups excluding carboxylic acids is 2. The minimum Gasteiger partial charge on any atom is -0.492 e. The third kappa shape index (κ3) is 8.26. The zero-order valence-electron chi connectivity index (χ0n) is 25.1. The highest BCUT2D eigenvalue weighted by molar-refractivity contribution is 7.92. The maximum atomic E-state index is 14.3. The van der Waals surface area contributed by atoms with Crippen LogP contribution in [0.5, 0.6) is 5.75 Å². The molecule has 0 bridgehead atoms. The third-order valence-electron chi connectivity index (χ3n) is 6.50. The van der Waals surface area contributed by atoms with Crippen molar-refractivity contribution in [3.8, 4) is 5.75 Å². The number of anilines is 1. The van der Waals surface area contributed by atoms with Crippen molar-refractivity contribution < 1.29 is 22.7 Å². The molecule has 0 aliphatic rings. The van der Waals surface area contributed by atoms with Gasteiger partial charge in [0.05, 0.1) is 17.2 Å². The Labute approximate surface area is 254 Å². The fourth-order valence-electron chi connectivity index (χ4n) is 4.47. The number of hydrogen-bond donors (Lipinski definition) is 1. The molecule has 3 aromatic rings. The molecule has 0 spiro atoms. The Morgan fingerprint density at radius 1 is 0.952 bits per heavy atom. The lowest BCUT2D eigenvalue weighted by atomic mass is 10.1. The van der Waals surface area contributed by atoms with E-state index >= 15 is 0 Å². The van der Waals surface area contributed by atoms with Crippen molar-refractivity contribution >= 4 is 39.1 Å². The van der Waals surface area contributed by atoms with E-state index in [4.69, 9.17) is 16.3 Å². The minimum absolute atomic E-state index is 0.0140. The fourth-order valence-corrected chi connectivity index (χ4v) is 6.09. The second-order valence-corrected chi connectivity index (χ2v) is 13.3. The van der Waals surface area contributed by atoms with Gasteiger partial charge in [-0.25, -0.2) is 8.42 Å². The standard InChI is InChI=1S/C32H40ClN3O5S/c1-7-27(31(38)34-32(4,5)6)35(21-24-13-9-10-14-26(24)33)30(37)22-36(28-15-11-12-16-29(28)41-8-2)42(39,40)25-19-17-23(3)18-20-25/h9-20,27H,7-8,21-22H2,1-6H3,(H,34,38)/t27-/m0/s1. The summed E-state index contributed by atoms with van der Waals surface area (Å²) in [7, 11) is -4.22. The molecule has 0 saturated heterocycles. The Morgan fingerprint density at radius 2 is 1.57 bits per heavy atom. The molecule has 0 aliphatic carbocycles. The van der Waals surface area contributed by atoms with E-state index in [1.807, 2.05) is 34.6 Å². The van der Waals surface area contributed by atoms with Crippen LogP contribution >= 0.6 is 11.6 Å². The zero-order valence-corrected chi connectivity index (χ0v) is 26.6. The van der Waals surface area contributed by atoms with E-state index in [0.717, 1.165) is 9.87 Å². The van der Waals surface area contributed by atoms with Gasteiger partial charge in [0.15, 0.2) is 0 Å². The lowest BCUT2D eigenvalue weighted by Gasteiger charge is -2.35. The summed E-state index contributed by atoms with van der Waals surface area (Å²) in [6, 6.07) is 19.3. The number of nitrogens with zero attached hydrogens (tertiary/aromatic N) is 2. The van der Waals surface area contributed by atoms with Gasteiger partial charge in [0.2, 0.25) is 11.8 Å². The molecule has 0 saturated carbocycles. The molecular weight excluding hydrogens is 574 g/mol. The smallest absolute Gasteiger partial charge is 0.264 e. The highest BCUT2D eigenvalue weighted by atomic mass is 35.5. The first-order chi connectivity index (χ1) is 19.8. The first-order valence-corrected chi connectivity index (χ1v) is 15.8. The second-order valence-electron chi connectivity index (χ2n) is 11.0. The first-order valence-electron chi connectivity index (χ1n) is 13.9. The van der Waals surface area contributed by atoms with Gasteiger partial charge in [-0.2, -0.15) is 0 Å². The summed E-state index contributed by atoms with van der Waals surface area (Å²) in [6.45, 7) is 10.8. The molecule has 0 heterocycles. The molecule has 3 aromatic carbocycles. The third-order valence-corrected chi connectivity index (χ3v) is 8.65. The average molecular weight is 614 g/mol. The summed E-state index contributed by atoms with van der Waals surface area (Å²) >= 11 is 6.47. The second kappa shape index (κ2) is 14.1. The summed E-state index contributed by atoms with van der Waals surface area (Å²) < 4.78 is 35.1. The Hall–Kier alpha value is -3.56. The number of amides is 2. The van der Waals surface area contributed by atoms with Gasteiger partial charge < -0.3 is 15.0 Å². The molecule has 10 heteroatoms. The molecule has 2 amide bonds. The van der Waals surface area contributed by atoms with Crippen LogP contribution in [0, 0.1) is 6.92 Å². The monoisotopic (exact) mass is 613 g/mol. The molecule has 1 N–H and O–H groups in total. The van der Waals surface area contributed by atoms with E-state index in [1.165, 1.54) is 17.0 Å². The molecule has 0 aliphatic heterocycles. The van der Waals surface area contributed by atoms with Crippen molar-refractivity contribution in [2.45, 2.75) is 71.0 Å². The molecule has 0 radical (unpaired) electrons. The highest BCUT2D eigenvalue weighted by Crippen LogP contribution is 2.33. The van der Waals surface area contributed by atoms with Gasteiger partial charge in [0.1, 0.15) is 18.3 Å². The van der Waals surface area contributed by atoms with Gasteiger partial charge in [0.25, 0.3) is 10.0 Å². The van der Waals surface area contributed by atoms with Crippen LogP contribution in [0.15, 0.2) is 77.7 Å². The van der Waals surface area contributed by atoms with Gasteiger partial charge in [-0.15, -0.1) is 0 Å². The maximum Gasteiger partial charge on any atom is 0.264 e. The Balaban J connectivity index is 2.13. The largest absolute Gasteiger partial charge is 0.492 e.